The summed E-state index contributed by atoms with van der Waals surface area (Å²) in [5.74, 6) is -0.649. The van der Waals surface area contributed by atoms with Crippen LogP contribution in [0.5, 0.6) is 11.5 Å². The van der Waals surface area contributed by atoms with Crippen molar-refractivity contribution < 1.29 is 24.2 Å². The third kappa shape index (κ3) is 2.96. The number of fused-ring (bicyclic) bond motifs is 1. The van der Waals surface area contributed by atoms with Crippen molar-refractivity contribution >= 4 is 23.5 Å². The Hall–Kier alpha value is -1.95. The summed E-state index contributed by atoms with van der Waals surface area (Å²) < 4.78 is 10.4. The maximum atomic E-state index is 12.3. The molecule has 0 bridgehead atoms. The molecule has 1 heterocycles. The van der Waals surface area contributed by atoms with E-state index < -0.39 is 11.9 Å². The van der Waals surface area contributed by atoms with E-state index in [2.05, 4.69) is 0 Å². The number of carbonyl (C=O) groups is 2. The standard InChI is InChI=1S/C13H14ClNO5/c1-2-3-15(6-11(16)17)13(18)8-4-9(14)12-10(5-8)19-7-20-12/h4-5H,2-3,6-7H2,1H3,(H,16,17). The average Bonchev–Trinajstić information content (AvgIpc) is 2.85. The molecular formula is C13H14ClNO5. The summed E-state index contributed by atoms with van der Waals surface area (Å²) >= 11 is 6.01. The topological polar surface area (TPSA) is 76.1 Å². The summed E-state index contributed by atoms with van der Waals surface area (Å²) in [4.78, 5) is 24.4. The number of hydrogen-bond donors (Lipinski definition) is 1. The summed E-state index contributed by atoms with van der Waals surface area (Å²) in [6.45, 7) is 1.94. The van der Waals surface area contributed by atoms with Crippen LogP contribution in [0.3, 0.4) is 0 Å². The largest absolute Gasteiger partial charge is 0.480 e. The number of amides is 1. The zero-order valence-corrected chi connectivity index (χ0v) is 11.6. The van der Waals surface area contributed by atoms with Crippen LogP contribution in [-0.4, -0.2) is 41.8 Å². The van der Waals surface area contributed by atoms with Gasteiger partial charge in [0.15, 0.2) is 11.5 Å². The van der Waals surface area contributed by atoms with Gasteiger partial charge in [-0.15, -0.1) is 0 Å². The summed E-state index contributed by atoms with van der Waals surface area (Å²) in [6.07, 6.45) is 0.664. The van der Waals surface area contributed by atoms with Gasteiger partial charge in [-0.3, -0.25) is 9.59 Å². The molecule has 6 nitrogen and oxygen atoms in total. The number of carboxylic acid groups (broad SMARTS) is 1. The van der Waals surface area contributed by atoms with Gasteiger partial charge in [0, 0.05) is 12.1 Å². The Morgan fingerprint density at radius 3 is 2.80 bits per heavy atom. The predicted octanol–water partition coefficient (Wildman–Crippen LogP) is 2.01. The fraction of sp³-hybridized carbons (Fsp3) is 0.385. The molecule has 7 heteroatoms. The van der Waals surface area contributed by atoms with Crippen LogP contribution < -0.4 is 9.47 Å². The van der Waals surface area contributed by atoms with Crippen LogP contribution >= 0.6 is 11.6 Å². The SMILES string of the molecule is CCCN(CC(=O)O)C(=O)c1cc(Cl)c2c(c1)OCO2. The molecule has 0 radical (unpaired) electrons. The van der Waals surface area contributed by atoms with E-state index in [-0.39, 0.29) is 23.9 Å². The van der Waals surface area contributed by atoms with Gasteiger partial charge < -0.3 is 19.5 Å². The Morgan fingerprint density at radius 2 is 2.15 bits per heavy atom. The van der Waals surface area contributed by atoms with Crippen molar-refractivity contribution in [2.24, 2.45) is 0 Å². The van der Waals surface area contributed by atoms with E-state index >= 15 is 0 Å². The molecule has 2 rings (SSSR count). The molecule has 0 aromatic heterocycles. The fourth-order valence-electron chi connectivity index (χ4n) is 1.96. The van der Waals surface area contributed by atoms with E-state index in [1.165, 1.54) is 17.0 Å². The van der Waals surface area contributed by atoms with Gasteiger partial charge in [-0.05, 0) is 18.6 Å². The maximum Gasteiger partial charge on any atom is 0.323 e. The molecule has 0 saturated heterocycles. The highest BCUT2D eigenvalue weighted by atomic mass is 35.5. The maximum absolute atomic E-state index is 12.3. The third-order valence-corrected chi connectivity index (χ3v) is 3.06. The Morgan fingerprint density at radius 1 is 1.40 bits per heavy atom. The molecule has 1 aliphatic heterocycles. The van der Waals surface area contributed by atoms with Crippen LogP contribution in [-0.2, 0) is 4.79 Å². The number of aliphatic carboxylic acids is 1. The van der Waals surface area contributed by atoms with Crippen molar-refractivity contribution in [3.63, 3.8) is 0 Å². The lowest BCUT2D eigenvalue weighted by Gasteiger charge is -2.20. The number of carboxylic acids is 1. The van der Waals surface area contributed by atoms with Gasteiger partial charge >= 0.3 is 5.97 Å². The molecule has 0 aliphatic carbocycles. The van der Waals surface area contributed by atoms with Crippen molar-refractivity contribution in [1.29, 1.82) is 0 Å². The minimum absolute atomic E-state index is 0.0560. The second-order valence-corrected chi connectivity index (χ2v) is 4.72. The van der Waals surface area contributed by atoms with Gasteiger partial charge in [0.2, 0.25) is 6.79 Å². The number of rotatable bonds is 5. The Kier molecular flexibility index (Phi) is 4.34. The predicted molar refractivity (Wildman–Crippen MR) is 71.4 cm³/mol. The minimum atomic E-state index is -1.06. The highest BCUT2D eigenvalue weighted by Crippen LogP contribution is 2.40. The number of ether oxygens (including phenoxy) is 2. The van der Waals surface area contributed by atoms with E-state index in [1.807, 2.05) is 6.92 Å². The van der Waals surface area contributed by atoms with Crippen molar-refractivity contribution in [3.8, 4) is 11.5 Å². The summed E-state index contributed by atoms with van der Waals surface area (Å²) in [5, 5.41) is 9.12. The zero-order valence-electron chi connectivity index (χ0n) is 10.9. The van der Waals surface area contributed by atoms with Crippen LogP contribution in [0.4, 0.5) is 0 Å². The van der Waals surface area contributed by atoms with Crippen LogP contribution in [0.25, 0.3) is 0 Å². The molecule has 1 amide bonds. The van der Waals surface area contributed by atoms with Crippen LogP contribution in [0, 0.1) is 0 Å². The van der Waals surface area contributed by atoms with Gasteiger partial charge in [0.05, 0.1) is 5.02 Å². The number of hydrogen-bond acceptors (Lipinski definition) is 4. The van der Waals surface area contributed by atoms with E-state index in [4.69, 9.17) is 26.2 Å². The number of benzene rings is 1. The highest BCUT2D eigenvalue weighted by molar-refractivity contribution is 6.32. The molecular weight excluding hydrogens is 286 g/mol. The van der Waals surface area contributed by atoms with E-state index in [0.717, 1.165) is 0 Å². The molecule has 1 aromatic rings. The molecule has 0 fully saturated rings. The monoisotopic (exact) mass is 299 g/mol. The van der Waals surface area contributed by atoms with Crippen molar-refractivity contribution in [3.05, 3.63) is 22.7 Å². The average molecular weight is 300 g/mol. The Bertz CT molecular complexity index is 546. The molecule has 0 atom stereocenters. The van der Waals surface area contributed by atoms with Gasteiger partial charge in [-0.2, -0.15) is 0 Å². The quantitative estimate of drug-likeness (QED) is 0.900. The minimum Gasteiger partial charge on any atom is -0.480 e. The van der Waals surface area contributed by atoms with Crippen LogP contribution in [0.15, 0.2) is 12.1 Å². The van der Waals surface area contributed by atoms with E-state index in [9.17, 15) is 9.59 Å². The second-order valence-electron chi connectivity index (χ2n) is 4.31. The highest BCUT2D eigenvalue weighted by Gasteiger charge is 2.24. The molecule has 1 aliphatic rings. The first-order valence-electron chi connectivity index (χ1n) is 6.13. The Labute approximate surface area is 120 Å². The summed E-state index contributed by atoms with van der Waals surface area (Å²) in [7, 11) is 0. The van der Waals surface area contributed by atoms with Crippen molar-refractivity contribution in [2.75, 3.05) is 19.9 Å². The molecule has 108 valence electrons. The van der Waals surface area contributed by atoms with Gasteiger partial charge in [0.1, 0.15) is 6.54 Å². The number of carbonyl (C=O) groups excluding carboxylic acids is 1. The molecule has 20 heavy (non-hydrogen) atoms. The van der Waals surface area contributed by atoms with Crippen molar-refractivity contribution in [2.45, 2.75) is 13.3 Å². The molecule has 0 spiro atoms. The normalized spacial score (nSPS) is 12.3. The van der Waals surface area contributed by atoms with E-state index in [0.29, 0.717) is 24.5 Å². The number of nitrogens with zero attached hydrogens (tertiary/aromatic N) is 1. The van der Waals surface area contributed by atoms with Crippen molar-refractivity contribution in [1.82, 2.24) is 4.90 Å². The number of halogens is 1. The van der Waals surface area contributed by atoms with Gasteiger partial charge in [-0.25, -0.2) is 0 Å². The summed E-state index contributed by atoms with van der Waals surface area (Å²) in [5.41, 5.74) is 0.286. The lowest BCUT2D eigenvalue weighted by Crippen LogP contribution is -2.36. The molecule has 1 aromatic carbocycles. The smallest absolute Gasteiger partial charge is 0.323 e. The Balaban J connectivity index is 2.27. The fourth-order valence-corrected chi connectivity index (χ4v) is 2.22. The second kappa shape index (κ2) is 6.00. The van der Waals surface area contributed by atoms with Gasteiger partial charge in [-0.1, -0.05) is 18.5 Å². The summed E-state index contributed by atoms with van der Waals surface area (Å²) in [6, 6.07) is 2.98. The van der Waals surface area contributed by atoms with Crippen LogP contribution in [0.1, 0.15) is 23.7 Å². The molecule has 0 unspecified atom stereocenters. The first kappa shape index (κ1) is 14.5. The lowest BCUT2D eigenvalue weighted by atomic mass is 10.1. The van der Waals surface area contributed by atoms with E-state index in [1.54, 1.807) is 0 Å². The van der Waals surface area contributed by atoms with Gasteiger partial charge in [0.25, 0.3) is 5.91 Å². The zero-order chi connectivity index (χ0) is 14.7. The lowest BCUT2D eigenvalue weighted by molar-refractivity contribution is -0.137. The van der Waals surface area contributed by atoms with Crippen LogP contribution in [0.2, 0.25) is 5.02 Å². The molecule has 0 saturated carbocycles. The third-order valence-electron chi connectivity index (χ3n) is 2.78. The first-order chi connectivity index (χ1) is 9.52. The first-order valence-corrected chi connectivity index (χ1v) is 6.51. The molecule has 1 N–H and O–H groups in total.